The van der Waals surface area contributed by atoms with Gasteiger partial charge in [0.05, 0.1) is 11.4 Å². The highest BCUT2D eigenvalue weighted by Crippen LogP contribution is 2.31. The number of rotatable bonds is 13. The number of piperidine rings is 1. The lowest BCUT2D eigenvalue weighted by Gasteiger charge is -2.29. The van der Waals surface area contributed by atoms with Crippen LogP contribution in [0, 0.1) is 5.92 Å². The number of carbonyl (C=O) groups excluding carboxylic acids is 4. The molecule has 2 heterocycles. The van der Waals surface area contributed by atoms with Crippen LogP contribution in [0.2, 0.25) is 0 Å². The van der Waals surface area contributed by atoms with Crippen LogP contribution in [0.25, 0.3) is 0 Å². The fourth-order valence-corrected chi connectivity index (χ4v) is 6.57. The Morgan fingerprint density at radius 1 is 0.816 bits per heavy atom. The molecule has 11 nitrogen and oxygen atoms in total. The smallest absolute Gasteiger partial charge is 0.319 e. The summed E-state index contributed by atoms with van der Waals surface area (Å²) in [6.07, 6.45) is 5.32. The molecule has 2 aliphatic rings. The predicted octanol–water partition coefficient (Wildman–Crippen LogP) is 4.29. The van der Waals surface area contributed by atoms with Crippen molar-refractivity contribution in [3.8, 4) is 0 Å². The second-order valence-corrected chi connectivity index (χ2v) is 12.9. The molecule has 0 saturated carbocycles. The maximum absolute atomic E-state index is 13.3. The molecule has 260 valence electrons. The molecule has 1 unspecified atom stereocenters. The Bertz CT molecular complexity index is 1550. The van der Waals surface area contributed by atoms with Crippen molar-refractivity contribution in [3.63, 3.8) is 0 Å². The molecule has 5 amide bonds. The first kappa shape index (κ1) is 35.4. The molecule has 3 aromatic rings. The lowest BCUT2D eigenvalue weighted by Crippen LogP contribution is -2.46. The SMILES string of the molecule is NC(=O)C(CCc1ccccc1)NC(=O)Nc1ccc(N2CCCN(C(=O)C3CCNCC3)CC2)c(NC(=O)CCCc2ccccc2)c1. The van der Waals surface area contributed by atoms with E-state index >= 15 is 0 Å². The van der Waals surface area contributed by atoms with Crippen LogP contribution < -0.4 is 31.9 Å². The van der Waals surface area contributed by atoms with E-state index in [-0.39, 0.29) is 17.7 Å². The van der Waals surface area contributed by atoms with Crippen LogP contribution in [-0.2, 0) is 27.2 Å². The number of hydrogen-bond donors (Lipinski definition) is 5. The fourth-order valence-electron chi connectivity index (χ4n) is 6.57. The number of carbonyl (C=O) groups is 4. The van der Waals surface area contributed by atoms with E-state index in [2.05, 4.69) is 38.3 Å². The Hall–Kier alpha value is -4.90. The molecule has 6 N–H and O–H groups in total. The second-order valence-electron chi connectivity index (χ2n) is 12.9. The average Bonchev–Trinajstić information content (AvgIpc) is 3.37. The lowest BCUT2D eigenvalue weighted by molar-refractivity contribution is -0.136. The quantitative estimate of drug-likeness (QED) is 0.184. The number of nitrogens with zero attached hydrogens (tertiary/aromatic N) is 2. The Morgan fingerprint density at radius 2 is 1.51 bits per heavy atom. The summed E-state index contributed by atoms with van der Waals surface area (Å²) >= 11 is 0. The third kappa shape index (κ3) is 10.8. The first-order valence-corrected chi connectivity index (χ1v) is 17.5. The van der Waals surface area contributed by atoms with Gasteiger partial charge in [0.25, 0.3) is 0 Å². The van der Waals surface area contributed by atoms with E-state index in [1.54, 1.807) is 12.1 Å². The molecule has 0 radical (unpaired) electrons. The standard InChI is InChI=1S/C38H49N7O4/c39-36(47)32(17-15-29-11-5-2-6-12-29)43-38(49)41-31-16-18-34(33(27-31)42-35(46)14-7-13-28-9-3-1-4-10-28)44-23-8-24-45(26-25-44)37(48)30-19-21-40-22-20-30/h1-6,9-12,16,18,27,30,32,40H,7-8,13-15,17,19-26H2,(H2,39,47)(H,42,46)(H2,41,43,49). The maximum atomic E-state index is 13.3. The second kappa shape index (κ2) is 18.0. The molecule has 0 bridgehead atoms. The van der Waals surface area contributed by atoms with Crippen molar-refractivity contribution >= 4 is 40.8 Å². The zero-order valence-electron chi connectivity index (χ0n) is 28.2. The van der Waals surface area contributed by atoms with E-state index in [1.165, 1.54) is 5.56 Å². The van der Waals surface area contributed by atoms with E-state index < -0.39 is 18.0 Å². The van der Waals surface area contributed by atoms with Crippen molar-refractivity contribution in [2.24, 2.45) is 11.7 Å². The van der Waals surface area contributed by atoms with Crippen molar-refractivity contribution in [3.05, 3.63) is 90.0 Å². The minimum Gasteiger partial charge on any atom is -0.368 e. The van der Waals surface area contributed by atoms with Gasteiger partial charge in [-0.2, -0.15) is 0 Å². The van der Waals surface area contributed by atoms with Crippen LogP contribution in [0.1, 0.15) is 49.7 Å². The summed E-state index contributed by atoms with van der Waals surface area (Å²) < 4.78 is 0. The zero-order chi connectivity index (χ0) is 34.4. The molecule has 3 aromatic carbocycles. The number of amides is 5. The summed E-state index contributed by atoms with van der Waals surface area (Å²) in [5.74, 6) is -0.425. The van der Waals surface area contributed by atoms with Gasteiger partial charge in [0.15, 0.2) is 0 Å². The van der Waals surface area contributed by atoms with E-state index in [0.29, 0.717) is 56.7 Å². The van der Waals surface area contributed by atoms with Crippen LogP contribution in [0.5, 0.6) is 0 Å². The third-order valence-corrected chi connectivity index (χ3v) is 9.29. The van der Waals surface area contributed by atoms with Crippen molar-refractivity contribution in [2.45, 2.75) is 57.4 Å². The van der Waals surface area contributed by atoms with E-state index in [4.69, 9.17) is 5.73 Å². The van der Waals surface area contributed by atoms with Crippen LogP contribution in [0.15, 0.2) is 78.9 Å². The topological polar surface area (TPSA) is 149 Å². The molecule has 5 rings (SSSR count). The molecule has 0 aliphatic carbocycles. The molecule has 0 aromatic heterocycles. The van der Waals surface area contributed by atoms with Crippen molar-refractivity contribution in [1.82, 2.24) is 15.5 Å². The van der Waals surface area contributed by atoms with Gasteiger partial charge >= 0.3 is 6.03 Å². The number of nitrogens with one attached hydrogen (secondary N) is 4. The number of hydrogen-bond acceptors (Lipinski definition) is 6. The zero-order valence-corrected chi connectivity index (χ0v) is 28.2. The van der Waals surface area contributed by atoms with Gasteiger partial charge in [-0.25, -0.2) is 4.79 Å². The van der Waals surface area contributed by atoms with E-state index in [0.717, 1.165) is 56.6 Å². The molecule has 2 aliphatic heterocycles. The number of anilines is 3. The summed E-state index contributed by atoms with van der Waals surface area (Å²) in [4.78, 5) is 55.9. The Kier molecular flexibility index (Phi) is 13.0. The average molecular weight is 668 g/mol. The summed E-state index contributed by atoms with van der Waals surface area (Å²) in [5.41, 5.74) is 9.72. The van der Waals surface area contributed by atoms with Gasteiger partial charge in [-0.3, -0.25) is 14.4 Å². The minimum atomic E-state index is -0.851. The lowest BCUT2D eigenvalue weighted by atomic mass is 9.96. The fraction of sp³-hybridized carbons (Fsp3) is 0.421. The maximum Gasteiger partial charge on any atom is 0.319 e. The molecule has 49 heavy (non-hydrogen) atoms. The van der Waals surface area contributed by atoms with Crippen molar-refractivity contribution < 1.29 is 19.2 Å². The highest BCUT2D eigenvalue weighted by molar-refractivity contribution is 5.98. The van der Waals surface area contributed by atoms with Gasteiger partial charge in [0.2, 0.25) is 17.7 Å². The Balaban J connectivity index is 1.26. The largest absolute Gasteiger partial charge is 0.368 e. The first-order chi connectivity index (χ1) is 23.9. The number of benzene rings is 3. The number of nitrogens with two attached hydrogens (primary N) is 1. The summed E-state index contributed by atoms with van der Waals surface area (Å²) in [5, 5.41) is 12.0. The Morgan fingerprint density at radius 3 is 2.20 bits per heavy atom. The first-order valence-electron chi connectivity index (χ1n) is 17.5. The van der Waals surface area contributed by atoms with Gasteiger partial charge in [-0.05, 0) is 87.4 Å². The molecule has 11 heteroatoms. The highest BCUT2D eigenvalue weighted by atomic mass is 16.2. The van der Waals surface area contributed by atoms with Crippen LogP contribution in [0.4, 0.5) is 21.9 Å². The predicted molar refractivity (Wildman–Crippen MR) is 193 cm³/mol. The highest BCUT2D eigenvalue weighted by Gasteiger charge is 2.28. The minimum absolute atomic E-state index is 0.0718. The summed E-state index contributed by atoms with van der Waals surface area (Å²) in [7, 11) is 0. The molecule has 2 fully saturated rings. The molecular formula is C38H49N7O4. The van der Waals surface area contributed by atoms with Gasteiger partial charge in [-0.1, -0.05) is 60.7 Å². The molecule has 0 spiro atoms. The Labute approximate surface area is 289 Å². The normalized spacial score (nSPS) is 15.9. The van der Waals surface area contributed by atoms with Gasteiger partial charge in [-0.15, -0.1) is 0 Å². The van der Waals surface area contributed by atoms with Gasteiger partial charge < -0.3 is 36.8 Å². The monoisotopic (exact) mass is 667 g/mol. The van der Waals surface area contributed by atoms with Crippen LogP contribution >= 0.6 is 0 Å². The summed E-state index contributed by atoms with van der Waals surface area (Å²) in [6.45, 7) is 4.41. The van der Waals surface area contributed by atoms with Crippen LogP contribution in [-0.4, -0.2) is 74.0 Å². The molecule has 1 atom stereocenters. The van der Waals surface area contributed by atoms with Gasteiger partial charge in [0.1, 0.15) is 6.04 Å². The van der Waals surface area contributed by atoms with E-state index in [9.17, 15) is 19.2 Å². The number of urea groups is 1. The van der Waals surface area contributed by atoms with Crippen molar-refractivity contribution in [2.75, 3.05) is 54.8 Å². The van der Waals surface area contributed by atoms with E-state index in [1.807, 2.05) is 59.5 Å². The third-order valence-electron chi connectivity index (χ3n) is 9.29. The molecule has 2 saturated heterocycles. The van der Waals surface area contributed by atoms with Crippen LogP contribution in [0.3, 0.4) is 0 Å². The van der Waals surface area contributed by atoms with Gasteiger partial charge in [0, 0.05) is 44.2 Å². The number of primary amides is 1. The number of aryl methyl sites for hydroxylation is 2. The molecular weight excluding hydrogens is 618 g/mol. The van der Waals surface area contributed by atoms with Crippen molar-refractivity contribution in [1.29, 1.82) is 0 Å². The summed E-state index contributed by atoms with van der Waals surface area (Å²) in [6, 6.07) is 23.8.